The molecule has 0 amide bonds. The van der Waals surface area contributed by atoms with E-state index in [1.54, 1.807) is 18.3 Å². The van der Waals surface area contributed by atoms with Crippen molar-refractivity contribution < 1.29 is 5.11 Å². The van der Waals surface area contributed by atoms with Crippen LogP contribution < -0.4 is 5.32 Å². The zero-order valence-corrected chi connectivity index (χ0v) is 10.1. The number of rotatable bonds is 5. The molecule has 0 saturated carbocycles. The fourth-order valence-electron chi connectivity index (χ4n) is 1.81. The molecule has 2 aromatic rings. The maximum absolute atomic E-state index is 9.77. The van der Waals surface area contributed by atoms with E-state index in [0.717, 1.165) is 12.0 Å². The van der Waals surface area contributed by atoms with Crippen LogP contribution in [0.3, 0.4) is 0 Å². The van der Waals surface area contributed by atoms with Crippen LogP contribution in [0.1, 0.15) is 18.0 Å². The van der Waals surface area contributed by atoms with Gasteiger partial charge < -0.3 is 10.4 Å². The Labute approximate surface area is 107 Å². The van der Waals surface area contributed by atoms with Gasteiger partial charge in [-0.15, -0.1) is 6.58 Å². The van der Waals surface area contributed by atoms with Gasteiger partial charge in [0.15, 0.2) is 0 Å². The third-order valence-corrected chi connectivity index (χ3v) is 2.72. The summed E-state index contributed by atoms with van der Waals surface area (Å²) in [7, 11) is 0. The summed E-state index contributed by atoms with van der Waals surface area (Å²) in [4.78, 5) is 4.12. The number of nitrogens with one attached hydrogen (secondary N) is 1. The normalized spacial score (nSPS) is 11.8. The predicted octanol–water partition coefficient (Wildman–Crippen LogP) is 3.52. The first kappa shape index (κ1) is 12.2. The van der Waals surface area contributed by atoms with Crippen LogP contribution in [0.2, 0.25) is 0 Å². The molecule has 2 N–H and O–H groups in total. The number of phenols is 1. The molecule has 0 aliphatic heterocycles. The molecule has 0 saturated heterocycles. The molecule has 0 radical (unpaired) electrons. The summed E-state index contributed by atoms with van der Waals surface area (Å²) in [5.41, 5.74) is 1.79. The Kier molecular flexibility index (Phi) is 3.97. The van der Waals surface area contributed by atoms with E-state index >= 15 is 0 Å². The minimum atomic E-state index is 0.0597. The van der Waals surface area contributed by atoms with E-state index < -0.39 is 0 Å². The van der Waals surface area contributed by atoms with Gasteiger partial charge in [-0.05, 0) is 30.2 Å². The lowest BCUT2D eigenvalue weighted by molar-refractivity contribution is 0.476. The molecular weight excluding hydrogens is 224 g/mol. The molecule has 1 heterocycles. The average molecular weight is 240 g/mol. The van der Waals surface area contributed by atoms with Gasteiger partial charge in [-0.2, -0.15) is 0 Å². The largest absolute Gasteiger partial charge is 0.506 e. The van der Waals surface area contributed by atoms with E-state index in [9.17, 15) is 5.11 Å². The zero-order valence-electron chi connectivity index (χ0n) is 10.1. The van der Waals surface area contributed by atoms with Crippen LogP contribution in [0.5, 0.6) is 5.75 Å². The number of pyridine rings is 1. The van der Waals surface area contributed by atoms with Crippen molar-refractivity contribution >= 4 is 5.69 Å². The van der Waals surface area contributed by atoms with Gasteiger partial charge >= 0.3 is 0 Å². The number of aromatic nitrogens is 1. The Hall–Kier alpha value is -2.29. The van der Waals surface area contributed by atoms with Gasteiger partial charge in [0.1, 0.15) is 5.75 Å². The number of para-hydroxylation sites is 2. The Morgan fingerprint density at radius 2 is 2.11 bits per heavy atom. The first-order valence-corrected chi connectivity index (χ1v) is 5.86. The highest BCUT2D eigenvalue weighted by Gasteiger charge is 2.11. The summed E-state index contributed by atoms with van der Waals surface area (Å²) in [5, 5.41) is 13.1. The highest BCUT2D eigenvalue weighted by molar-refractivity contribution is 5.56. The van der Waals surface area contributed by atoms with Gasteiger partial charge in [-0.25, -0.2) is 0 Å². The van der Waals surface area contributed by atoms with Gasteiger partial charge in [-0.3, -0.25) is 4.98 Å². The summed E-state index contributed by atoms with van der Waals surface area (Å²) >= 11 is 0. The number of nitrogens with zero attached hydrogens (tertiary/aromatic N) is 1. The number of anilines is 1. The summed E-state index contributed by atoms with van der Waals surface area (Å²) in [6.07, 6.45) is 6.18. The summed E-state index contributed by atoms with van der Waals surface area (Å²) in [6.45, 7) is 3.77. The van der Waals surface area contributed by atoms with E-state index in [-0.39, 0.29) is 11.8 Å². The van der Waals surface area contributed by atoms with Gasteiger partial charge in [0.05, 0.1) is 11.7 Å². The fraction of sp³-hybridized carbons (Fsp3) is 0.133. The van der Waals surface area contributed by atoms with Gasteiger partial charge in [0.2, 0.25) is 0 Å². The third-order valence-electron chi connectivity index (χ3n) is 2.72. The molecule has 0 fully saturated rings. The van der Waals surface area contributed by atoms with Crippen LogP contribution in [0, 0.1) is 0 Å². The Bertz CT molecular complexity index is 511. The summed E-state index contributed by atoms with van der Waals surface area (Å²) in [5.74, 6) is 0.246. The Morgan fingerprint density at radius 1 is 1.28 bits per heavy atom. The number of benzene rings is 1. The molecule has 1 unspecified atom stereocenters. The molecule has 0 bridgehead atoms. The topological polar surface area (TPSA) is 45.1 Å². The molecule has 0 spiro atoms. The monoisotopic (exact) mass is 240 g/mol. The minimum absolute atomic E-state index is 0.0597. The molecule has 3 nitrogen and oxygen atoms in total. The van der Waals surface area contributed by atoms with Crippen molar-refractivity contribution in [1.29, 1.82) is 0 Å². The maximum Gasteiger partial charge on any atom is 0.138 e. The first-order valence-electron chi connectivity index (χ1n) is 5.86. The smallest absolute Gasteiger partial charge is 0.138 e. The van der Waals surface area contributed by atoms with Crippen LogP contribution in [-0.4, -0.2) is 10.1 Å². The van der Waals surface area contributed by atoms with Crippen molar-refractivity contribution in [2.24, 2.45) is 0 Å². The van der Waals surface area contributed by atoms with Crippen molar-refractivity contribution in [2.75, 3.05) is 5.32 Å². The van der Waals surface area contributed by atoms with Gasteiger partial charge in [0, 0.05) is 12.4 Å². The second-order valence-corrected chi connectivity index (χ2v) is 4.02. The van der Waals surface area contributed by atoms with Crippen LogP contribution in [0.15, 0.2) is 61.4 Å². The second-order valence-electron chi connectivity index (χ2n) is 4.02. The molecule has 3 heteroatoms. The van der Waals surface area contributed by atoms with E-state index in [0.29, 0.717) is 5.69 Å². The molecule has 1 atom stereocenters. The maximum atomic E-state index is 9.77. The molecule has 0 aliphatic carbocycles. The summed E-state index contributed by atoms with van der Waals surface area (Å²) < 4.78 is 0. The van der Waals surface area contributed by atoms with Crippen LogP contribution in [0.25, 0.3) is 0 Å². The van der Waals surface area contributed by atoms with Crippen LogP contribution in [-0.2, 0) is 0 Å². The van der Waals surface area contributed by atoms with E-state index in [4.69, 9.17) is 0 Å². The van der Waals surface area contributed by atoms with Crippen molar-refractivity contribution in [3.8, 4) is 5.75 Å². The number of hydrogen-bond acceptors (Lipinski definition) is 3. The highest BCUT2D eigenvalue weighted by Crippen LogP contribution is 2.28. The van der Waals surface area contributed by atoms with Gasteiger partial charge in [-0.1, -0.05) is 24.3 Å². The van der Waals surface area contributed by atoms with E-state index in [2.05, 4.69) is 16.9 Å². The first-order chi connectivity index (χ1) is 8.81. The molecule has 2 rings (SSSR count). The molecule has 18 heavy (non-hydrogen) atoms. The highest BCUT2D eigenvalue weighted by atomic mass is 16.3. The third kappa shape index (κ3) is 2.88. The van der Waals surface area contributed by atoms with Crippen molar-refractivity contribution in [1.82, 2.24) is 4.98 Å². The van der Waals surface area contributed by atoms with Gasteiger partial charge in [0.25, 0.3) is 0 Å². The SMILES string of the molecule is C=CCC(Nc1ccccc1O)c1cccnc1. The number of phenolic OH excluding ortho intramolecular Hbond substituents is 1. The lowest BCUT2D eigenvalue weighted by Crippen LogP contribution is -2.10. The molecule has 92 valence electrons. The summed E-state index contributed by atoms with van der Waals surface area (Å²) in [6, 6.07) is 11.2. The lowest BCUT2D eigenvalue weighted by atomic mass is 10.1. The molecular formula is C15H16N2O. The number of aromatic hydroxyl groups is 1. The minimum Gasteiger partial charge on any atom is -0.506 e. The molecule has 0 aliphatic rings. The van der Waals surface area contributed by atoms with E-state index in [1.807, 2.05) is 36.5 Å². The fourth-order valence-corrected chi connectivity index (χ4v) is 1.81. The number of hydrogen-bond donors (Lipinski definition) is 2. The van der Waals surface area contributed by atoms with Crippen LogP contribution >= 0.6 is 0 Å². The second kappa shape index (κ2) is 5.87. The van der Waals surface area contributed by atoms with Crippen molar-refractivity contribution in [3.63, 3.8) is 0 Å². The molecule has 1 aromatic carbocycles. The predicted molar refractivity (Wildman–Crippen MR) is 73.5 cm³/mol. The lowest BCUT2D eigenvalue weighted by Gasteiger charge is -2.19. The zero-order chi connectivity index (χ0) is 12.8. The standard InChI is InChI=1S/C15H16N2O/c1-2-6-13(12-7-5-10-16-11-12)17-14-8-3-4-9-15(14)18/h2-5,7-11,13,17-18H,1,6H2. The van der Waals surface area contributed by atoms with Crippen LogP contribution in [0.4, 0.5) is 5.69 Å². The Morgan fingerprint density at radius 3 is 2.78 bits per heavy atom. The quantitative estimate of drug-likeness (QED) is 0.621. The van der Waals surface area contributed by atoms with E-state index in [1.165, 1.54) is 0 Å². The molecule has 1 aromatic heterocycles. The Balaban J connectivity index is 2.22. The van der Waals surface area contributed by atoms with Crippen molar-refractivity contribution in [3.05, 3.63) is 67.0 Å². The van der Waals surface area contributed by atoms with Crippen molar-refractivity contribution in [2.45, 2.75) is 12.5 Å². The average Bonchev–Trinajstić information content (AvgIpc) is 2.42.